The summed E-state index contributed by atoms with van der Waals surface area (Å²) in [5.41, 5.74) is -0.321. The molecule has 2 aliphatic rings. The normalized spacial score (nSPS) is 36.5. The molecule has 2 fully saturated rings. The summed E-state index contributed by atoms with van der Waals surface area (Å²) < 4.78 is 25.9. The predicted octanol–water partition coefficient (Wildman–Crippen LogP) is -8.09. The first-order valence-electron chi connectivity index (χ1n) is 10.4. The van der Waals surface area contributed by atoms with Gasteiger partial charge in [0.2, 0.25) is 12.6 Å². The molecular formula is C20H27NaO15. The molecule has 36 heavy (non-hydrogen) atoms. The number of hydrogen-bond acceptors (Lipinski definition) is 15. The second-order valence-electron chi connectivity index (χ2n) is 7.92. The minimum atomic E-state index is -1.90. The molecule has 2 saturated heterocycles. The maximum Gasteiger partial charge on any atom is 1.00 e. The van der Waals surface area contributed by atoms with Crippen LogP contribution in [0.15, 0.2) is 12.1 Å². The zero-order chi connectivity index (χ0) is 26.0. The molecule has 0 bridgehead atoms. The van der Waals surface area contributed by atoms with E-state index in [0.29, 0.717) is 0 Å². The molecule has 10 atom stereocenters. The van der Waals surface area contributed by atoms with Crippen LogP contribution < -0.4 is 44.1 Å². The van der Waals surface area contributed by atoms with Crippen molar-refractivity contribution in [3.8, 4) is 17.2 Å². The number of carbonyl (C=O) groups is 1. The summed E-state index contributed by atoms with van der Waals surface area (Å²) >= 11 is 0. The van der Waals surface area contributed by atoms with Crippen LogP contribution in [0.5, 0.6) is 17.2 Å². The van der Waals surface area contributed by atoms with Gasteiger partial charge >= 0.3 is 35.5 Å². The third kappa shape index (κ3) is 6.21. The van der Waals surface area contributed by atoms with Gasteiger partial charge in [-0.3, -0.25) is 0 Å². The van der Waals surface area contributed by atoms with Crippen LogP contribution in [0.1, 0.15) is 10.4 Å². The first kappa shape index (κ1) is 30.9. The van der Waals surface area contributed by atoms with E-state index in [-0.39, 0.29) is 35.1 Å². The van der Waals surface area contributed by atoms with E-state index in [2.05, 4.69) is 4.74 Å². The van der Waals surface area contributed by atoms with Crippen LogP contribution in [0.3, 0.4) is 0 Å². The van der Waals surface area contributed by atoms with Crippen molar-refractivity contribution in [2.75, 3.05) is 20.3 Å². The largest absolute Gasteiger partial charge is 1.00 e. The molecule has 3 rings (SSSR count). The van der Waals surface area contributed by atoms with Crippen molar-refractivity contribution in [1.29, 1.82) is 0 Å². The average molecular weight is 530 g/mol. The van der Waals surface area contributed by atoms with Crippen molar-refractivity contribution in [2.45, 2.75) is 61.4 Å². The van der Waals surface area contributed by atoms with Gasteiger partial charge in [-0.2, -0.15) is 0 Å². The van der Waals surface area contributed by atoms with Gasteiger partial charge in [-0.25, -0.2) is 4.79 Å². The smallest absolute Gasteiger partial charge is 0.870 e. The summed E-state index contributed by atoms with van der Waals surface area (Å²) in [7, 11) is 1.04. The monoisotopic (exact) mass is 530 g/mol. The second kappa shape index (κ2) is 13.0. The molecule has 0 spiro atoms. The summed E-state index contributed by atoms with van der Waals surface area (Å²) in [5.74, 6) is -3.25. The van der Waals surface area contributed by atoms with Crippen LogP contribution in [-0.4, -0.2) is 129 Å². The molecule has 15 nitrogen and oxygen atoms in total. The molecule has 1 aromatic rings. The average Bonchev–Trinajstić information content (AvgIpc) is 2.85. The van der Waals surface area contributed by atoms with Gasteiger partial charge in [0.25, 0.3) is 0 Å². The fraction of sp³-hybridized carbons (Fsp3) is 0.650. The first-order valence-corrected chi connectivity index (χ1v) is 10.4. The molecule has 198 valence electrons. The molecule has 0 aliphatic carbocycles. The van der Waals surface area contributed by atoms with E-state index in [1.165, 1.54) is 0 Å². The van der Waals surface area contributed by atoms with E-state index in [1.807, 2.05) is 0 Å². The van der Waals surface area contributed by atoms with Crippen LogP contribution in [-0.2, 0) is 14.2 Å². The number of aliphatic hydroxyl groups is 8. The maximum atomic E-state index is 12.8. The molecule has 8 N–H and O–H groups in total. The topological polar surface area (TPSA) is 248 Å². The standard InChI is InChI=1S/C20H28O15.Na/c1-31-18(30)6-2-7(23)17(35-20-16(29)14(27)12(25)10(5-22)34-20)8(3-6)32-19-15(28)13(26)11(24)9(4-21)33-19;/h2-3,9-16,19-29H,4-5H2,1H3;/q;+1/p-1/t9-,10-,11-,12-,13+,14+,15-,16-,19?,20?;/m1./s1. The Hall–Kier alpha value is -1.31. The number of methoxy groups -OCH3 is 1. The number of rotatable bonds is 7. The first-order chi connectivity index (χ1) is 16.5. The molecule has 0 saturated carbocycles. The van der Waals surface area contributed by atoms with Crippen molar-refractivity contribution in [1.82, 2.24) is 0 Å². The van der Waals surface area contributed by atoms with Crippen LogP contribution in [0.2, 0.25) is 0 Å². The van der Waals surface area contributed by atoms with E-state index in [9.17, 15) is 50.8 Å². The number of benzene rings is 1. The molecule has 2 unspecified atom stereocenters. The van der Waals surface area contributed by atoms with Crippen molar-refractivity contribution < 1.29 is 104 Å². The Morgan fingerprint density at radius 1 is 0.833 bits per heavy atom. The van der Waals surface area contributed by atoms with Gasteiger partial charge in [0.1, 0.15) is 48.8 Å². The van der Waals surface area contributed by atoms with Gasteiger partial charge < -0.3 is 69.6 Å². The summed E-state index contributed by atoms with van der Waals surface area (Å²) in [6.07, 6.45) is -17.1. The summed E-state index contributed by atoms with van der Waals surface area (Å²) in [6.45, 7) is -1.54. The quantitative estimate of drug-likeness (QED) is 0.120. The van der Waals surface area contributed by atoms with Crippen molar-refractivity contribution >= 4 is 5.97 Å². The zero-order valence-electron chi connectivity index (χ0n) is 19.3. The van der Waals surface area contributed by atoms with Gasteiger partial charge in [-0.15, -0.1) is 0 Å². The molecule has 0 aromatic heterocycles. The Morgan fingerprint density at radius 3 is 1.75 bits per heavy atom. The number of aliphatic hydroxyl groups excluding tert-OH is 8. The summed E-state index contributed by atoms with van der Waals surface area (Å²) in [6, 6.07) is 1.75. The SMILES string of the molecule is COC(=O)c1cc([O-])c(OC2O[C@H](CO)[C@@H](O)[C@H](O)[C@H]2O)c(OC2O[C@H](CO)[C@@H](O)[C@H](O)[C@H]2O)c1.[Na+]. The third-order valence-corrected chi connectivity index (χ3v) is 5.62. The van der Waals surface area contributed by atoms with E-state index >= 15 is 0 Å². The van der Waals surface area contributed by atoms with E-state index in [0.717, 1.165) is 19.2 Å². The fourth-order valence-electron chi connectivity index (χ4n) is 3.59. The summed E-state index contributed by atoms with van der Waals surface area (Å²) in [4.78, 5) is 12.0. The van der Waals surface area contributed by atoms with Crippen LogP contribution in [0, 0.1) is 0 Å². The Morgan fingerprint density at radius 2 is 1.31 bits per heavy atom. The molecule has 1 aromatic carbocycles. The Bertz CT molecular complexity index is 883. The van der Waals surface area contributed by atoms with Crippen LogP contribution in [0.4, 0.5) is 0 Å². The minimum Gasteiger partial charge on any atom is -0.870 e. The fourth-order valence-corrected chi connectivity index (χ4v) is 3.59. The minimum absolute atomic E-state index is 0. The van der Waals surface area contributed by atoms with E-state index in [4.69, 9.17) is 18.9 Å². The third-order valence-electron chi connectivity index (χ3n) is 5.62. The van der Waals surface area contributed by atoms with Gasteiger partial charge in [0, 0.05) is 0 Å². The van der Waals surface area contributed by atoms with Gasteiger partial charge in [0.05, 0.1) is 25.9 Å². The second-order valence-corrected chi connectivity index (χ2v) is 7.92. The number of ether oxygens (including phenoxy) is 5. The van der Waals surface area contributed by atoms with Crippen molar-refractivity contribution in [3.05, 3.63) is 17.7 Å². The number of esters is 1. The maximum absolute atomic E-state index is 12.8. The predicted molar refractivity (Wildman–Crippen MR) is 106 cm³/mol. The number of hydrogen-bond donors (Lipinski definition) is 8. The molecule has 0 radical (unpaired) electrons. The van der Waals surface area contributed by atoms with Crippen molar-refractivity contribution in [3.63, 3.8) is 0 Å². The molecule has 2 aliphatic heterocycles. The zero-order valence-corrected chi connectivity index (χ0v) is 21.3. The molecule has 16 heteroatoms. The molecule has 0 amide bonds. The Kier molecular flexibility index (Phi) is 11.1. The van der Waals surface area contributed by atoms with Gasteiger partial charge in [-0.05, 0) is 6.07 Å². The van der Waals surface area contributed by atoms with Gasteiger partial charge in [0.15, 0.2) is 11.5 Å². The molecule has 2 heterocycles. The summed E-state index contributed by atoms with van der Waals surface area (Å²) in [5, 5.41) is 91.8. The van der Waals surface area contributed by atoms with Gasteiger partial charge in [-0.1, -0.05) is 11.8 Å². The van der Waals surface area contributed by atoms with Crippen LogP contribution >= 0.6 is 0 Å². The van der Waals surface area contributed by atoms with E-state index < -0.39 is 97.8 Å². The van der Waals surface area contributed by atoms with Crippen molar-refractivity contribution in [2.24, 2.45) is 0 Å². The molecular weight excluding hydrogens is 503 g/mol. The van der Waals surface area contributed by atoms with Crippen LogP contribution in [0.25, 0.3) is 0 Å². The Balaban J connectivity index is 0.00000456. The number of carbonyl (C=O) groups excluding carboxylic acids is 1. The van der Waals surface area contributed by atoms with E-state index in [1.54, 1.807) is 0 Å². The Labute approximate surface area is 226 Å².